The van der Waals surface area contributed by atoms with Gasteiger partial charge in [-0.05, 0) is 55.0 Å². The first-order valence-corrected chi connectivity index (χ1v) is 10.2. The van der Waals surface area contributed by atoms with Crippen LogP contribution in [0.5, 0.6) is 17.2 Å². The fraction of sp³-hybridized carbons (Fsp3) is 0.160. The lowest BCUT2D eigenvalue weighted by Gasteiger charge is -2.13. The largest absolute Gasteiger partial charge is 0.490 e. The number of carbonyl (C=O) groups excluding carboxylic acids is 1. The third-order valence-corrected chi connectivity index (χ3v) is 4.34. The van der Waals surface area contributed by atoms with Gasteiger partial charge in [0.15, 0.2) is 29.0 Å². The van der Waals surface area contributed by atoms with Crippen molar-refractivity contribution in [2.45, 2.75) is 6.92 Å². The number of anilines is 1. The van der Waals surface area contributed by atoms with E-state index in [-0.39, 0.29) is 0 Å². The molecule has 172 valence electrons. The summed E-state index contributed by atoms with van der Waals surface area (Å²) in [6.45, 7) is 2.87. The first-order valence-electron chi connectivity index (χ1n) is 10.2. The molecule has 0 spiro atoms. The first kappa shape index (κ1) is 23.7. The maximum atomic E-state index is 13.7. The van der Waals surface area contributed by atoms with E-state index < -0.39 is 29.0 Å². The fourth-order valence-corrected chi connectivity index (χ4v) is 2.81. The van der Waals surface area contributed by atoms with Crippen molar-refractivity contribution in [3.63, 3.8) is 0 Å². The van der Waals surface area contributed by atoms with E-state index in [9.17, 15) is 18.0 Å². The number of amides is 1. The zero-order chi connectivity index (χ0) is 23.6. The van der Waals surface area contributed by atoms with Crippen molar-refractivity contribution in [3.05, 3.63) is 89.8 Å². The third-order valence-electron chi connectivity index (χ3n) is 4.34. The molecule has 0 aliphatic heterocycles. The minimum Gasteiger partial charge on any atom is -0.490 e. The standard InChI is InChI=1S/C25H22F3NO4/c1-2-31-22-16-17(8-12-21(22)33-15-14-32-18-6-4-3-5-7-18)9-13-23(30)29-20-11-10-19(26)24(27)25(20)28/h3-13,16H,2,14-15H2,1H3,(H,29,30). The van der Waals surface area contributed by atoms with Gasteiger partial charge in [-0.3, -0.25) is 4.79 Å². The van der Waals surface area contributed by atoms with Crippen LogP contribution in [0.2, 0.25) is 0 Å². The number of halogens is 3. The highest BCUT2D eigenvalue weighted by atomic mass is 19.2. The van der Waals surface area contributed by atoms with Gasteiger partial charge in [0, 0.05) is 6.08 Å². The van der Waals surface area contributed by atoms with Crippen molar-refractivity contribution < 1.29 is 32.2 Å². The Morgan fingerprint density at radius 3 is 2.39 bits per heavy atom. The maximum Gasteiger partial charge on any atom is 0.248 e. The molecule has 0 fully saturated rings. The Labute approximate surface area is 189 Å². The quantitative estimate of drug-likeness (QED) is 0.244. The SMILES string of the molecule is CCOc1cc(C=CC(=O)Nc2ccc(F)c(F)c2F)ccc1OCCOc1ccccc1. The Kier molecular flexibility index (Phi) is 8.35. The molecule has 0 aliphatic carbocycles. The Hall–Kier alpha value is -3.94. The molecule has 8 heteroatoms. The highest BCUT2D eigenvalue weighted by Gasteiger charge is 2.14. The summed E-state index contributed by atoms with van der Waals surface area (Å²) in [6.07, 6.45) is 2.61. The molecule has 3 rings (SSSR count). The van der Waals surface area contributed by atoms with Crippen molar-refractivity contribution in [1.29, 1.82) is 0 Å². The Bertz CT molecular complexity index is 1120. The molecule has 0 radical (unpaired) electrons. The molecule has 0 heterocycles. The molecule has 1 N–H and O–H groups in total. The molecule has 0 unspecified atom stereocenters. The number of benzene rings is 3. The van der Waals surface area contributed by atoms with Crippen LogP contribution in [0.1, 0.15) is 12.5 Å². The van der Waals surface area contributed by atoms with Crippen LogP contribution in [0.4, 0.5) is 18.9 Å². The van der Waals surface area contributed by atoms with Crippen molar-refractivity contribution in [3.8, 4) is 17.2 Å². The van der Waals surface area contributed by atoms with E-state index in [0.717, 1.165) is 24.0 Å². The molecule has 3 aromatic carbocycles. The lowest BCUT2D eigenvalue weighted by molar-refractivity contribution is -0.111. The lowest BCUT2D eigenvalue weighted by atomic mass is 10.2. The second-order valence-electron chi connectivity index (χ2n) is 6.69. The van der Waals surface area contributed by atoms with Gasteiger partial charge in [0.05, 0.1) is 12.3 Å². The smallest absolute Gasteiger partial charge is 0.248 e. The van der Waals surface area contributed by atoms with Gasteiger partial charge in [-0.25, -0.2) is 13.2 Å². The van der Waals surface area contributed by atoms with Gasteiger partial charge in [-0.1, -0.05) is 24.3 Å². The molecule has 3 aromatic rings. The van der Waals surface area contributed by atoms with Crippen LogP contribution in [0.15, 0.2) is 66.7 Å². The number of hydrogen-bond donors (Lipinski definition) is 1. The Morgan fingerprint density at radius 2 is 1.64 bits per heavy atom. The van der Waals surface area contributed by atoms with Crippen LogP contribution in [-0.2, 0) is 4.79 Å². The summed E-state index contributed by atoms with van der Waals surface area (Å²) in [5.41, 5.74) is 0.160. The summed E-state index contributed by atoms with van der Waals surface area (Å²) in [6, 6.07) is 16.1. The highest BCUT2D eigenvalue weighted by Crippen LogP contribution is 2.29. The van der Waals surface area contributed by atoms with E-state index >= 15 is 0 Å². The van der Waals surface area contributed by atoms with Crippen LogP contribution >= 0.6 is 0 Å². The topological polar surface area (TPSA) is 56.8 Å². The normalized spacial score (nSPS) is 10.8. The molecule has 33 heavy (non-hydrogen) atoms. The number of nitrogens with one attached hydrogen (secondary N) is 1. The van der Waals surface area contributed by atoms with Crippen LogP contribution in [0.3, 0.4) is 0 Å². The second kappa shape index (κ2) is 11.6. The first-order chi connectivity index (χ1) is 16.0. The molecule has 1 amide bonds. The minimum atomic E-state index is -1.65. The van der Waals surface area contributed by atoms with Gasteiger partial charge in [0.2, 0.25) is 5.91 Å². The highest BCUT2D eigenvalue weighted by molar-refractivity contribution is 6.02. The monoisotopic (exact) mass is 457 g/mol. The summed E-state index contributed by atoms with van der Waals surface area (Å²) in [5.74, 6) is -3.43. The molecular weight excluding hydrogens is 435 g/mol. The van der Waals surface area contributed by atoms with Gasteiger partial charge in [0.25, 0.3) is 0 Å². The number of carbonyl (C=O) groups is 1. The number of para-hydroxylation sites is 1. The summed E-state index contributed by atoms with van der Waals surface area (Å²) in [4.78, 5) is 12.1. The predicted octanol–water partition coefficient (Wildman–Crippen LogP) is 5.61. The van der Waals surface area contributed by atoms with Crippen LogP contribution in [-0.4, -0.2) is 25.7 Å². The van der Waals surface area contributed by atoms with Gasteiger partial charge in [-0.2, -0.15) is 0 Å². The van der Waals surface area contributed by atoms with Crippen molar-refractivity contribution in [2.75, 3.05) is 25.1 Å². The summed E-state index contributed by atoms with van der Waals surface area (Å²) < 4.78 is 56.9. The zero-order valence-electron chi connectivity index (χ0n) is 17.8. The van der Waals surface area contributed by atoms with Gasteiger partial charge < -0.3 is 19.5 Å². The number of rotatable bonds is 10. The summed E-state index contributed by atoms with van der Waals surface area (Å²) in [7, 11) is 0. The average molecular weight is 457 g/mol. The number of ether oxygens (including phenoxy) is 3. The summed E-state index contributed by atoms with van der Waals surface area (Å²) >= 11 is 0. The van der Waals surface area contributed by atoms with E-state index in [1.165, 1.54) is 6.08 Å². The zero-order valence-corrected chi connectivity index (χ0v) is 17.8. The fourth-order valence-electron chi connectivity index (χ4n) is 2.81. The molecule has 5 nitrogen and oxygen atoms in total. The average Bonchev–Trinajstić information content (AvgIpc) is 2.83. The van der Waals surface area contributed by atoms with Gasteiger partial charge >= 0.3 is 0 Å². The minimum absolute atomic E-state index is 0.298. The van der Waals surface area contributed by atoms with Crippen LogP contribution in [0.25, 0.3) is 6.08 Å². The van der Waals surface area contributed by atoms with E-state index in [1.807, 2.05) is 37.3 Å². The Balaban J connectivity index is 1.60. The second-order valence-corrected chi connectivity index (χ2v) is 6.69. The van der Waals surface area contributed by atoms with Gasteiger partial charge in [0.1, 0.15) is 19.0 Å². The maximum absolute atomic E-state index is 13.7. The van der Waals surface area contributed by atoms with Crippen molar-refractivity contribution in [1.82, 2.24) is 0 Å². The number of hydrogen-bond acceptors (Lipinski definition) is 4. The third kappa shape index (κ3) is 6.77. The van der Waals surface area contributed by atoms with E-state index in [1.54, 1.807) is 18.2 Å². The van der Waals surface area contributed by atoms with Crippen molar-refractivity contribution in [2.24, 2.45) is 0 Å². The molecule has 0 aromatic heterocycles. The molecule has 0 saturated heterocycles. The van der Waals surface area contributed by atoms with Gasteiger partial charge in [-0.15, -0.1) is 0 Å². The molecule has 0 saturated carbocycles. The van der Waals surface area contributed by atoms with E-state index in [0.29, 0.717) is 36.9 Å². The lowest BCUT2D eigenvalue weighted by Crippen LogP contribution is -2.10. The van der Waals surface area contributed by atoms with Crippen molar-refractivity contribution >= 4 is 17.7 Å². The van der Waals surface area contributed by atoms with E-state index in [2.05, 4.69) is 5.32 Å². The van der Waals surface area contributed by atoms with Crippen LogP contribution < -0.4 is 19.5 Å². The molecule has 0 atom stereocenters. The molecule has 0 bridgehead atoms. The Morgan fingerprint density at radius 1 is 0.879 bits per heavy atom. The molecule has 0 aliphatic rings. The summed E-state index contributed by atoms with van der Waals surface area (Å²) in [5, 5.41) is 2.17. The van der Waals surface area contributed by atoms with Crippen LogP contribution in [0, 0.1) is 17.5 Å². The predicted molar refractivity (Wildman–Crippen MR) is 119 cm³/mol. The van der Waals surface area contributed by atoms with E-state index in [4.69, 9.17) is 14.2 Å². The molecular formula is C25H22F3NO4.